The second-order valence-electron chi connectivity index (χ2n) is 5.08. The van der Waals surface area contributed by atoms with Gasteiger partial charge in [0.1, 0.15) is 11.3 Å². The fraction of sp³-hybridized carbons (Fsp3) is 0.118. The Morgan fingerprint density at radius 3 is 2.50 bits per heavy atom. The molecule has 22 heavy (non-hydrogen) atoms. The fourth-order valence-corrected chi connectivity index (χ4v) is 2.97. The Morgan fingerprint density at radius 2 is 1.82 bits per heavy atom. The van der Waals surface area contributed by atoms with Crippen LogP contribution in [0.3, 0.4) is 0 Å². The van der Waals surface area contributed by atoms with Crippen molar-refractivity contribution in [3.8, 4) is 11.3 Å². The monoisotopic (exact) mass is 375 g/mol. The van der Waals surface area contributed by atoms with Gasteiger partial charge in [0.15, 0.2) is 0 Å². The Labute approximate surface area is 141 Å². The maximum Gasteiger partial charge on any atom is 0.285 e. The van der Waals surface area contributed by atoms with Crippen LogP contribution in [0, 0.1) is 0 Å². The third-order valence-electron chi connectivity index (χ3n) is 3.19. The number of fused-ring (bicyclic) bond motifs is 1. The quantitative estimate of drug-likeness (QED) is 0.543. The van der Waals surface area contributed by atoms with E-state index in [9.17, 15) is 4.79 Å². The highest BCUT2D eigenvalue weighted by Gasteiger charge is 2.10. The summed E-state index contributed by atoms with van der Waals surface area (Å²) >= 11 is 4.62. The summed E-state index contributed by atoms with van der Waals surface area (Å²) in [6.45, 7) is 0. The average Bonchev–Trinajstić information content (AvgIpc) is 2.91. The normalized spacial score (nSPS) is 10.9. The molecule has 5 heteroatoms. The molecule has 3 nitrogen and oxygen atoms in total. The zero-order chi connectivity index (χ0) is 15.7. The summed E-state index contributed by atoms with van der Waals surface area (Å²) in [5.41, 5.74) is 1.81. The predicted molar refractivity (Wildman–Crippen MR) is 94.3 cm³/mol. The van der Waals surface area contributed by atoms with Gasteiger partial charge in [0.2, 0.25) is 0 Å². The van der Waals surface area contributed by atoms with E-state index >= 15 is 0 Å². The molecule has 0 spiro atoms. The Kier molecular flexibility index (Phi) is 4.27. The van der Waals surface area contributed by atoms with Gasteiger partial charge in [-0.05, 0) is 48.2 Å². The standard InChI is InChI=1S/C17H14BrNO2S/c1-19(2)17(20)22-14-8-5-12-9-15(21-16(12)10-14)11-3-6-13(18)7-4-11/h3-10H,1-2H3. The molecule has 0 N–H and O–H groups in total. The van der Waals surface area contributed by atoms with Gasteiger partial charge in [-0.3, -0.25) is 4.79 Å². The third kappa shape index (κ3) is 3.20. The van der Waals surface area contributed by atoms with E-state index in [1.165, 1.54) is 11.8 Å². The second-order valence-corrected chi connectivity index (χ2v) is 7.02. The second kappa shape index (κ2) is 6.18. The van der Waals surface area contributed by atoms with Crippen LogP contribution in [0.25, 0.3) is 22.3 Å². The minimum atomic E-state index is -0.000890. The van der Waals surface area contributed by atoms with Crippen LogP contribution >= 0.6 is 27.7 Å². The first-order chi connectivity index (χ1) is 10.5. The number of thioether (sulfide) groups is 1. The van der Waals surface area contributed by atoms with Crippen LogP contribution in [0.15, 0.2) is 62.3 Å². The number of amides is 1. The molecule has 0 unspecified atom stereocenters. The lowest BCUT2D eigenvalue weighted by atomic mass is 10.1. The zero-order valence-corrected chi connectivity index (χ0v) is 14.6. The molecular weight excluding hydrogens is 362 g/mol. The van der Waals surface area contributed by atoms with Crippen molar-refractivity contribution in [1.82, 2.24) is 4.90 Å². The SMILES string of the molecule is CN(C)C(=O)Sc1ccc2cc(-c3ccc(Br)cc3)oc2c1. The van der Waals surface area contributed by atoms with Crippen molar-refractivity contribution >= 4 is 43.9 Å². The minimum Gasteiger partial charge on any atom is -0.456 e. The molecule has 112 valence electrons. The van der Waals surface area contributed by atoms with Crippen LogP contribution in [0.2, 0.25) is 0 Å². The van der Waals surface area contributed by atoms with E-state index in [4.69, 9.17) is 4.42 Å². The van der Waals surface area contributed by atoms with Crippen LogP contribution in [-0.2, 0) is 0 Å². The number of rotatable bonds is 2. The van der Waals surface area contributed by atoms with Gasteiger partial charge in [0.25, 0.3) is 5.24 Å². The molecule has 0 radical (unpaired) electrons. The average molecular weight is 376 g/mol. The molecule has 0 aliphatic rings. The molecule has 3 aromatic rings. The first-order valence-corrected chi connectivity index (χ1v) is 8.32. The van der Waals surface area contributed by atoms with E-state index < -0.39 is 0 Å². The largest absolute Gasteiger partial charge is 0.456 e. The van der Waals surface area contributed by atoms with Crippen LogP contribution in [0.1, 0.15) is 0 Å². The van der Waals surface area contributed by atoms with Crippen LogP contribution in [0.5, 0.6) is 0 Å². The summed E-state index contributed by atoms with van der Waals surface area (Å²) in [4.78, 5) is 14.2. The Balaban J connectivity index is 1.93. The lowest BCUT2D eigenvalue weighted by molar-refractivity contribution is 0.241. The van der Waals surface area contributed by atoms with Gasteiger partial charge in [0, 0.05) is 34.4 Å². The number of halogens is 1. The Bertz CT molecular complexity index is 824. The van der Waals surface area contributed by atoms with Crippen molar-refractivity contribution in [2.24, 2.45) is 0 Å². The van der Waals surface area contributed by atoms with Crippen LogP contribution in [0.4, 0.5) is 4.79 Å². The van der Waals surface area contributed by atoms with Crippen molar-refractivity contribution in [2.45, 2.75) is 4.90 Å². The van der Waals surface area contributed by atoms with E-state index in [0.29, 0.717) is 0 Å². The molecule has 0 saturated heterocycles. The lowest BCUT2D eigenvalue weighted by Crippen LogP contribution is -2.15. The molecule has 1 aromatic heterocycles. The molecule has 3 rings (SSSR count). The number of furan rings is 1. The number of carbonyl (C=O) groups is 1. The molecule has 0 fully saturated rings. The summed E-state index contributed by atoms with van der Waals surface area (Å²) in [7, 11) is 3.48. The fourth-order valence-electron chi connectivity index (χ4n) is 2.02. The molecule has 0 bridgehead atoms. The minimum absolute atomic E-state index is 0.000890. The Morgan fingerprint density at radius 1 is 1.09 bits per heavy atom. The number of benzene rings is 2. The number of carbonyl (C=O) groups excluding carboxylic acids is 1. The van der Waals surface area contributed by atoms with E-state index in [-0.39, 0.29) is 5.24 Å². The van der Waals surface area contributed by atoms with Crippen molar-refractivity contribution in [3.63, 3.8) is 0 Å². The highest BCUT2D eigenvalue weighted by Crippen LogP contribution is 2.31. The molecule has 1 heterocycles. The van der Waals surface area contributed by atoms with Gasteiger partial charge in [-0.25, -0.2) is 0 Å². The summed E-state index contributed by atoms with van der Waals surface area (Å²) in [5.74, 6) is 0.823. The van der Waals surface area contributed by atoms with Crippen LogP contribution < -0.4 is 0 Å². The zero-order valence-electron chi connectivity index (χ0n) is 12.2. The van der Waals surface area contributed by atoms with Crippen molar-refractivity contribution in [3.05, 3.63) is 53.0 Å². The summed E-state index contributed by atoms with van der Waals surface area (Å²) < 4.78 is 6.96. The third-order valence-corrected chi connectivity index (χ3v) is 4.75. The van der Waals surface area contributed by atoms with E-state index in [1.807, 2.05) is 48.5 Å². The summed E-state index contributed by atoms with van der Waals surface area (Å²) in [6.07, 6.45) is 0. The van der Waals surface area contributed by atoms with Gasteiger partial charge in [-0.15, -0.1) is 0 Å². The number of hydrogen-bond acceptors (Lipinski definition) is 3. The lowest BCUT2D eigenvalue weighted by Gasteiger charge is -2.08. The van der Waals surface area contributed by atoms with E-state index in [0.717, 1.165) is 31.7 Å². The van der Waals surface area contributed by atoms with Gasteiger partial charge < -0.3 is 9.32 Å². The maximum atomic E-state index is 11.8. The van der Waals surface area contributed by atoms with Gasteiger partial charge in [-0.2, -0.15) is 0 Å². The summed E-state index contributed by atoms with van der Waals surface area (Å²) in [5, 5.41) is 1.03. The van der Waals surface area contributed by atoms with Crippen LogP contribution in [-0.4, -0.2) is 24.2 Å². The first-order valence-electron chi connectivity index (χ1n) is 6.71. The van der Waals surface area contributed by atoms with Gasteiger partial charge in [0.05, 0.1) is 0 Å². The molecule has 0 aliphatic carbocycles. The highest BCUT2D eigenvalue weighted by molar-refractivity contribution is 9.10. The molecular formula is C17H14BrNO2S. The highest BCUT2D eigenvalue weighted by atomic mass is 79.9. The van der Waals surface area contributed by atoms with Crippen molar-refractivity contribution < 1.29 is 9.21 Å². The van der Waals surface area contributed by atoms with Crippen molar-refractivity contribution in [1.29, 1.82) is 0 Å². The number of nitrogens with zero attached hydrogens (tertiary/aromatic N) is 1. The first kappa shape index (κ1) is 15.2. The van der Waals surface area contributed by atoms with E-state index in [1.54, 1.807) is 19.0 Å². The van der Waals surface area contributed by atoms with Crippen molar-refractivity contribution in [2.75, 3.05) is 14.1 Å². The van der Waals surface area contributed by atoms with E-state index in [2.05, 4.69) is 15.9 Å². The number of hydrogen-bond donors (Lipinski definition) is 0. The topological polar surface area (TPSA) is 33.5 Å². The van der Waals surface area contributed by atoms with Gasteiger partial charge >= 0.3 is 0 Å². The molecule has 0 aliphatic heterocycles. The Hall–Kier alpha value is -1.72. The predicted octanol–water partition coefficient (Wildman–Crippen LogP) is 5.64. The molecule has 2 aromatic carbocycles. The maximum absolute atomic E-state index is 11.8. The smallest absolute Gasteiger partial charge is 0.285 e. The van der Waals surface area contributed by atoms with Gasteiger partial charge in [-0.1, -0.05) is 28.1 Å². The molecule has 0 atom stereocenters. The molecule has 1 amide bonds. The molecule has 0 saturated carbocycles. The summed E-state index contributed by atoms with van der Waals surface area (Å²) in [6, 6.07) is 15.8.